The molecule has 3 aromatic rings. The molecular formula is C12H12N4S. The third-order valence-electron chi connectivity index (χ3n) is 2.65. The first-order valence-corrected chi connectivity index (χ1v) is 6.13. The summed E-state index contributed by atoms with van der Waals surface area (Å²) in [6.45, 7) is 1.99. The van der Waals surface area contributed by atoms with Gasteiger partial charge >= 0.3 is 0 Å². The van der Waals surface area contributed by atoms with Crippen LogP contribution in [0.2, 0.25) is 0 Å². The van der Waals surface area contributed by atoms with Gasteiger partial charge in [-0.25, -0.2) is 0 Å². The second kappa shape index (κ2) is 3.85. The minimum Gasteiger partial charge on any atom is -0.343 e. The number of rotatable bonds is 2. The SMILES string of the molecule is Cc1nn(C)cc1Nc1snc2ccccc12. The van der Waals surface area contributed by atoms with Crippen LogP contribution < -0.4 is 5.32 Å². The highest BCUT2D eigenvalue weighted by molar-refractivity contribution is 7.11. The summed E-state index contributed by atoms with van der Waals surface area (Å²) in [4.78, 5) is 0. The van der Waals surface area contributed by atoms with E-state index in [1.807, 2.05) is 38.4 Å². The van der Waals surface area contributed by atoms with Crippen molar-refractivity contribution in [3.8, 4) is 0 Å². The Labute approximate surface area is 103 Å². The average molecular weight is 244 g/mol. The van der Waals surface area contributed by atoms with Crippen molar-refractivity contribution in [2.45, 2.75) is 6.92 Å². The summed E-state index contributed by atoms with van der Waals surface area (Å²) in [5.74, 6) is 0. The Balaban J connectivity index is 2.03. The molecule has 0 aliphatic rings. The van der Waals surface area contributed by atoms with Crippen LogP contribution >= 0.6 is 11.5 Å². The molecule has 0 aliphatic carbocycles. The zero-order valence-electron chi connectivity index (χ0n) is 9.64. The lowest BCUT2D eigenvalue weighted by Crippen LogP contribution is -1.87. The molecule has 86 valence electrons. The third kappa shape index (κ3) is 1.78. The van der Waals surface area contributed by atoms with E-state index in [1.165, 1.54) is 11.5 Å². The second-order valence-electron chi connectivity index (χ2n) is 3.96. The fraction of sp³-hybridized carbons (Fsp3) is 0.167. The van der Waals surface area contributed by atoms with Crippen molar-refractivity contribution in [3.63, 3.8) is 0 Å². The fourth-order valence-electron chi connectivity index (χ4n) is 1.82. The minimum absolute atomic E-state index is 0.991. The predicted octanol–water partition coefficient (Wildman–Crippen LogP) is 3.08. The molecule has 2 heterocycles. The van der Waals surface area contributed by atoms with Gasteiger partial charge in [-0.3, -0.25) is 4.68 Å². The molecule has 0 aliphatic heterocycles. The van der Waals surface area contributed by atoms with E-state index in [1.54, 1.807) is 4.68 Å². The van der Waals surface area contributed by atoms with Gasteiger partial charge in [0.15, 0.2) is 0 Å². The average Bonchev–Trinajstić information content (AvgIpc) is 2.85. The quantitative estimate of drug-likeness (QED) is 0.753. The van der Waals surface area contributed by atoms with Crippen LogP contribution in [0.25, 0.3) is 10.9 Å². The molecule has 0 spiro atoms. The smallest absolute Gasteiger partial charge is 0.121 e. The van der Waals surface area contributed by atoms with Crippen LogP contribution in [0.15, 0.2) is 30.5 Å². The van der Waals surface area contributed by atoms with E-state index in [0.717, 1.165) is 27.3 Å². The maximum absolute atomic E-state index is 4.40. The highest BCUT2D eigenvalue weighted by Crippen LogP contribution is 2.30. The Bertz CT molecular complexity index is 668. The number of benzene rings is 1. The van der Waals surface area contributed by atoms with Crippen LogP contribution in [-0.2, 0) is 7.05 Å². The van der Waals surface area contributed by atoms with Crippen LogP contribution in [0.5, 0.6) is 0 Å². The van der Waals surface area contributed by atoms with Crippen molar-refractivity contribution in [3.05, 3.63) is 36.2 Å². The molecular weight excluding hydrogens is 232 g/mol. The fourth-order valence-corrected chi connectivity index (χ4v) is 2.60. The summed E-state index contributed by atoms with van der Waals surface area (Å²) in [6.07, 6.45) is 1.98. The summed E-state index contributed by atoms with van der Waals surface area (Å²) in [5, 5.41) is 9.92. The van der Waals surface area contributed by atoms with Gasteiger partial charge in [0.2, 0.25) is 0 Å². The van der Waals surface area contributed by atoms with Gasteiger partial charge in [-0.1, -0.05) is 12.1 Å². The maximum Gasteiger partial charge on any atom is 0.121 e. The van der Waals surface area contributed by atoms with Gasteiger partial charge in [0.05, 0.1) is 16.9 Å². The molecule has 2 aromatic heterocycles. The Morgan fingerprint density at radius 3 is 2.88 bits per heavy atom. The van der Waals surface area contributed by atoms with Crippen molar-refractivity contribution < 1.29 is 0 Å². The number of nitrogens with one attached hydrogen (secondary N) is 1. The molecule has 0 saturated carbocycles. The van der Waals surface area contributed by atoms with Crippen LogP contribution in [-0.4, -0.2) is 14.2 Å². The van der Waals surface area contributed by atoms with Crippen LogP contribution in [0.4, 0.5) is 10.7 Å². The van der Waals surface area contributed by atoms with Gasteiger partial charge in [-0.05, 0) is 30.6 Å². The van der Waals surface area contributed by atoms with E-state index in [9.17, 15) is 0 Å². The molecule has 0 bridgehead atoms. The van der Waals surface area contributed by atoms with Crippen molar-refractivity contribution in [2.24, 2.45) is 7.05 Å². The minimum atomic E-state index is 0.991. The molecule has 4 nitrogen and oxygen atoms in total. The van der Waals surface area contributed by atoms with Gasteiger partial charge in [0.1, 0.15) is 5.00 Å². The summed E-state index contributed by atoms with van der Waals surface area (Å²) in [6, 6.07) is 8.12. The largest absolute Gasteiger partial charge is 0.343 e. The lowest BCUT2D eigenvalue weighted by Gasteiger charge is -2.00. The Kier molecular flexibility index (Phi) is 2.33. The molecule has 0 unspecified atom stereocenters. The molecule has 0 fully saturated rings. The summed E-state index contributed by atoms with van der Waals surface area (Å²) < 4.78 is 6.21. The van der Waals surface area contributed by atoms with Gasteiger partial charge < -0.3 is 5.32 Å². The van der Waals surface area contributed by atoms with Crippen molar-refractivity contribution in [1.29, 1.82) is 0 Å². The van der Waals surface area contributed by atoms with Crippen LogP contribution in [0.1, 0.15) is 5.69 Å². The van der Waals surface area contributed by atoms with E-state index in [2.05, 4.69) is 20.9 Å². The zero-order valence-corrected chi connectivity index (χ0v) is 10.5. The number of aromatic nitrogens is 3. The number of fused-ring (bicyclic) bond motifs is 1. The van der Waals surface area contributed by atoms with Crippen LogP contribution in [0.3, 0.4) is 0 Å². The number of anilines is 2. The Morgan fingerprint density at radius 1 is 1.29 bits per heavy atom. The lowest BCUT2D eigenvalue weighted by molar-refractivity contribution is 0.756. The molecule has 0 amide bonds. The molecule has 3 rings (SSSR count). The first kappa shape index (κ1) is 10.3. The van der Waals surface area contributed by atoms with E-state index in [0.29, 0.717) is 0 Å². The summed E-state index contributed by atoms with van der Waals surface area (Å²) in [5.41, 5.74) is 3.05. The number of nitrogens with zero attached hydrogens (tertiary/aromatic N) is 3. The topological polar surface area (TPSA) is 42.7 Å². The number of hydrogen-bond acceptors (Lipinski definition) is 4. The molecule has 0 saturated heterocycles. The monoisotopic (exact) mass is 244 g/mol. The highest BCUT2D eigenvalue weighted by Gasteiger charge is 2.08. The predicted molar refractivity (Wildman–Crippen MR) is 70.8 cm³/mol. The van der Waals surface area contributed by atoms with E-state index in [4.69, 9.17) is 0 Å². The summed E-state index contributed by atoms with van der Waals surface area (Å²) >= 11 is 1.48. The molecule has 5 heteroatoms. The highest BCUT2D eigenvalue weighted by atomic mass is 32.1. The van der Waals surface area contributed by atoms with Crippen LogP contribution in [0, 0.1) is 6.92 Å². The van der Waals surface area contributed by atoms with Gasteiger partial charge in [-0.15, -0.1) is 0 Å². The molecule has 1 aromatic carbocycles. The molecule has 0 radical (unpaired) electrons. The first-order valence-electron chi connectivity index (χ1n) is 5.36. The van der Waals surface area contributed by atoms with Crippen molar-refractivity contribution in [1.82, 2.24) is 14.2 Å². The first-order chi connectivity index (χ1) is 8.24. The maximum atomic E-state index is 4.40. The number of hydrogen-bond donors (Lipinski definition) is 1. The van der Waals surface area contributed by atoms with Gasteiger partial charge in [-0.2, -0.15) is 9.47 Å². The Morgan fingerprint density at radius 2 is 2.12 bits per heavy atom. The lowest BCUT2D eigenvalue weighted by atomic mass is 10.2. The third-order valence-corrected chi connectivity index (χ3v) is 3.44. The Hall–Kier alpha value is -1.88. The normalized spacial score (nSPS) is 10.9. The molecule has 17 heavy (non-hydrogen) atoms. The van der Waals surface area contributed by atoms with Crippen molar-refractivity contribution >= 4 is 33.1 Å². The van der Waals surface area contributed by atoms with E-state index in [-0.39, 0.29) is 0 Å². The number of aryl methyl sites for hydroxylation is 2. The van der Waals surface area contributed by atoms with Crippen molar-refractivity contribution in [2.75, 3.05) is 5.32 Å². The standard InChI is InChI=1S/C12H12N4S/c1-8-11(7-16(2)14-8)13-12-9-5-3-4-6-10(9)15-17-12/h3-7,13H,1-2H3. The second-order valence-corrected chi connectivity index (χ2v) is 4.73. The van der Waals surface area contributed by atoms with Gasteiger partial charge in [0.25, 0.3) is 0 Å². The van der Waals surface area contributed by atoms with Gasteiger partial charge in [0, 0.05) is 18.6 Å². The molecule has 0 atom stereocenters. The molecule has 1 N–H and O–H groups in total. The van der Waals surface area contributed by atoms with E-state index >= 15 is 0 Å². The zero-order chi connectivity index (χ0) is 11.8. The van der Waals surface area contributed by atoms with E-state index < -0.39 is 0 Å². The summed E-state index contributed by atoms with van der Waals surface area (Å²) in [7, 11) is 1.92.